The van der Waals surface area contributed by atoms with E-state index in [1.807, 2.05) is 0 Å². The lowest BCUT2D eigenvalue weighted by Crippen LogP contribution is -2.16. The maximum absolute atomic E-state index is 3.66. The van der Waals surface area contributed by atoms with Crippen LogP contribution in [0.2, 0.25) is 0 Å². The number of unbranched alkanes of at least 4 members (excludes halogenated alkanes) is 1. The molecule has 2 rings (SSSR count). The number of hydrogen-bond acceptors (Lipinski definition) is 1. The number of fused-ring (bicyclic) bond motifs is 1. The van der Waals surface area contributed by atoms with Gasteiger partial charge in [-0.05, 0) is 23.5 Å². The molecule has 2 unspecified atom stereocenters. The smallest absolute Gasteiger partial charge is 0.0329 e. The van der Waals surface area contributed by atoms with Gasteiger partial charge in [0.05, 0.1) is 0 Å². The highest BCUT2D eigenvalue weighted by molar-refractivity contribution is 5.33. The van der Waals surface area contributed by atoms with Gasteiger partial charge in [-0.25, -0.2) is 0 Å². The highest BCUT2D eigenvalue weighted by Gasteiger charge is 2.23. The third-order valence-electron chi connectivity index (χ3n) is 4.08. The second-order valence-corrected chi connectivity index (χ2v) is 5.28. The summed E-state index contributed by atoms with van der Waals surface area (Å²) in [5.74, 6) is 0.888. The molecular formula is C16H25N. The van der Waals surface area contributed by atoms with Gasteiger partial charge < -0.3 is 5.32 Å². The van der Waals surface area contributed by atoms with Crippen molar-refractivity contribution in [3.8, 4) is 0 Å². The third-order valence-corrected chi connectivity index (χ3v) is 4.08. The summed E-state index contributed by atoms with van der Waals surface area (Å²) in [6.45, 7) is 5.68. The van der Waals surface area contributed by atoms with Gasteiger partial charge in [-0.2, -0.15) is 0 Å². The molecule has 1 aliphatic heterocycles. The van der Waals surface area contributed by atoms with Crippen molar-refractivity contribution in [2.45, 2.75) is 58.5 Å². The van der Waals surface area contributed by atoms with Gasteiger partial charge in [0.2, 0.25) is 0 Å². The van der Waals surface area contributed by atoms with E-state index in [0.29, 0.717) is 6.04 Å². The second-order valence-electron chi connectivity index (χ2n) is 5.28. The summed E-state index contributed by atoms with van der Waals surface area (Å²) in [6.07, 6.45) is 6.74. The van der Waals surface area contributed by atoms with E-state index in [2.05, 4.69) is 43.4 Å². The van der Waals surface area contributed by atoms with Gasteiger partial charge in [0.1, 0.15) is 0 Å². The molecule has 0 amide bonds. The number of nitrogens with one attached hydrogen (secondary N) is 1. The predicted molar refractivity (Wildman–Crippen MR) is 73.9 cm³/mol. The SMILES string of the molecule is CCCCC(CC)CC1NCc2ccccc21. The summed E-state index contributed by atoms with van der Waals surface area (Å²) < 4.78 is 0. The minimum atomic E-state index is 0.605. The van der Waals surface area contributed by atoms with Crippen LogP contribution >= 0.6 is 0 Å². The number of rotatable bonds is 6. The fourth-order valence-corrected chi connectivity index (χ4v) is 2.90. The Bertz CT molecular complexity index is 345. The standard InChI is InChI=1S/C16H25N/c1-3-5-8-13(4-2)11-16-15-10-7-6-9-14(15)12-17-16/h6-7,9-10,13,16-17H,3-5,8,11-12H2,1-2H3. The zero-order valence-corrected chi connectivity index (χ0v) is 11.2. The molecule has 0 fully saturated rings. The average Bonchev–Trinajstić information content (AvgIpc) is 2.78. The normalized spacial score (nSPS) is 20.2. The largest absolute Gasteiger partial charge is 0.306 e. The molecule has 1 heteroatoms. The molecule has 17 heavy (non-hydrogen) atoms. The fraction of sp³-hybridized carbons (Fsp3) is 0.625. The van der Waals surface area contributed by atoms with E-state index in [1.165, 1.54) is 37.7 Å². The molecule has 1 heterocycles. The summed E-state index contributed by atoms with van der Waals surface area (Å²) >= 11 is 0. The Balaban J connectivity index is 1.95. The Morgan fingerprint density at radius 2 is 2.12 bits per heavy atom. The van der Waals surface area contributed by atoms with Gasteiger partial charge in [-0.15, -0.1) is 0 Å². The van der Waals surface area contributed by atoms with Crippen LogP contribution in [-0.2, 0) is 6.54 Å². The molecule has 0 saturated carbocycles. The molecule has 0 aromatic heterocycles. The van der Waals surface area contributed by atoms with Gasteiger partial charge in [0.15, 0.2) is 0 Å². The van der Waals surface area contributed by atoms with Gasteiger partial charge in [0.25, 0.3) is 0 Å². The molecule has 0 aliphatic carbocycles. The number of hydrogen-bond donors (Lipinski definition) is 1. The lowest BCUT2D eigenvalue weighted by molar-refractivity contribution is 0.365. The van der Waals surface area contributed by atoms with E-state index in [-0.39, 0.29) is 0 Å². The molecule has 1 aromatic rings. The Morgan fingerprint density at radius 1 is 1.29 bits per heavy atom. The highest BCUT2D eigenvalue weighted by Crippen LogP contribution is 2.32. The lowest BCUT2D eigenvalue weighted by atomic mass is 9.89. The quantitative estimate of drug-likeness (QED) is 0.763. The summed E-state index contributed by atoms with van der Waals surface area (Å²) in [5.41, 5.74) is 3.05. The van der Waals surface area contributed by atoms with Crippen molar-refractivity contribution in [3.05, 3.63) is 35.4 Å². The van der Waals surface area contributed by atoms with Crippen LogP contribution in [0.15, 0.2) is 24.3 Å². The average molecular weight is 231 g/mol. The molecule has 0 saturated heterocycles. The van der Waals surface area contributed by atoms with Gasteiger partial charge in [-0.3, -0.25) is 0 Å². The molecule has 1 nitrogen and oxygen atoms in total. The molecule has 1 N–H and O–H groups in total. The number of benzene rings is 1. The zero-order valence-electron chi connectivity index (χ0n) is 11.2. The predicted octanol–water partition coefficient (Wildman–Crippen LogP) is 4.44. The van der Waals surface area contributed by atoms with Gasteiger partial charge in [-0.1, -0.05) is 63.8 Å². The fourth-order valence-electron chi connectivity index (χ4n) is 2.90. The van der Waals surface area contributed by atoms with Gasteiger partial charge in [0, 0.05) is 12.6 Å². The Kier molecular flexibility index (Phi) is 4.61. The van der Waals surface area contributed by atoms with Crippen LogP contribution < -0.4 is 5.32 Å². The molecule has 94 valence electrons. The van der Waals surface area contributed by atoms with E-state index in [0.717, 1.165) is 12.5 Å². The van der Waals surface area contributed by atoms with Crippen LogP contribution in [0.1, 0.15) is 63.1 Å². The van der Waals surface area contributed by atoms with E-state index in [4.69, 9.17) is 0 Å². The molecule has 2 atom stereocenters. The van der Waals surface area contributed by atoms with E-state index < -0.39 is 0 Å². The van der Waals surface area contributed by atoms with E-state index in [9.17, 15) is 0 Å². The summed E-state index contributed by atoms with van der Waals surface area (Å²) in [5, 5.41) is 3.66. The first-order chi connectivity index (χ1) is 8.35. The van der Waals surface area contributed by atoms with Crippen molar-refractivity contribution in [2.75, 3.05) is 0 Å². The first kappa shape index (κ1) is 12.6. The van der Waals surface area contributed by atoms with Crippen molar-refractivity contribution < 1.29 is 0 Å². The first-order valence-corrected chi connectivity index (χ1v) is 7.16. The van der Waals surface area contributed by atoms with Crippen LogP contribution in [0.5, 0.6) is 0 Å². The van der Waals surface area contributed by atoms with Crippen molar-refractivity contribution in [1.82, 2.24) is 5.32 Å². The first-order valence-electron chi connectivity index (χ1n) is 7.16. The summed E-state index contributed by atoms with van der Waals surface area (Å²) in [4.78, 5) is 0. The van der Waals surface area contributed by atoms with Crippen LogP contribution in [-0.4, -0.2) is 0 Å². The Hall–Kier alpha value is -0.820. The van der Waals surface area contributed by atoms with Crippen LogP contribution in [0.3, 0.4) is 0 Å². The second kappa shape index (κ2) is 6.20. The van der Waals surface area contributed by atoms with Crippen molar-refractivity contribution in [3.63, 3.8) is 0 Å². The van der Waals surface area contributed by atoms with Crippen LogP contribution in [0, 0.1) is 5.92 Å². The summed E-state index contributed by atoms with van der Waals surface area (Å²) in [6, 6.07) is 9.48. The minimum Gasteiger partial charge on any atom is -0.306 e. The van der Waals surface area contributed by atoms with Gasteiger partial charge >= 0.3 is 0 Å². The maximum atomic E-state index is 3.66. The molecule has 1 aliphatic rings. The molecular weight excluding hydrogens is 206 g/mol. The van der Waals surface area contributed by atoms with E-state index >= 15 is 0 Å². The topological polar surface area (TPSA) is 12.0 Å². The maximum Gasteiger partial charge on any atom is 0.0329 e. The van der Waals surface area contributed by atoms with Crippen LogP contribution in [0.4, 0.5) is 0 Å². The Morgan fingerprint density at radius 3 is 2.88 bits per heavy atom. The molecule has 0 spiro atoms. The molecule has 0 radical (unpaired) electrons. The molecule has 0 bridgehead atoms. The monoisotopic (exact) mass is 231 g/mol. The Labute approximate surface area is 106 Å². The summed E-state index contributed by atoms with van der Waals surface area (Å²) in [7, 11) is 0. The highest BCUT2D eigenvalue weighted by atomic mass is 14.9. The lowest BCUT2D eigenvalue weighted by Gasteiger charge is -2.20. The van der Waals surface area contributed by atoms with Crippen LogP contribution in [0.25, 0.3) is 0 Å². The molecule has 1 aromatic carbocycles. The van der Waals surface area contributed by atoms with E-state index in [1.54, 1.807) is 5.56 Å². The van der Waals surface area contributed by atoms with Crippen molar-refractivity contribution in [2.24, 2.45) is 5.92 Å². The van der Waals surface area contributed by atoms with Crippen molar-refractivity contribution in [1.29, 1.82) is 0 Å². The van der Waals surface area contributed by atoms with Crippen molar-refractivity contribution >= 4 is 0 Å². The third kappa shape index (κ3) is 3.10. The zero-order chi connectivity index (χ0) is 12.1. The minimum absolute atomic E-state index is 0.605.